The first kappa shape index (κ1) is 20.1. The molecule has 2 fully saturated rings. The Morgan fingerprint density at radius 2 is 1.93 bits per heavy atom. The molecule has 1 N–H and O–H groups in total. The quantitative estimate of drug-likeness (QED) is 0.778. The van der Waals surface area contributed by atoms with Crippen molar-refractivity contribution in [3.63, 3.8) is 0 Å². The van der Waals surface area contributed by atoms with Gasteiger partial charge in [0.1, 0.15) is 17.7 Å². The van der Waals surface area contributed by atoms with E-state index in [1.165, 1.54) is 17.9 Å². The van der Waals surface area contributed by atoms with E-state index in [2.05, 4.69) is 10.2 Å². The van der Waals surface area contributed by atoms with Crippen LogP contribution in [0, 0.1) is 5.82 Å². The smallest absolute Gasteiger partial charge is 0.414 e. The number of ketones is 1. The molecule has 2 aliphatic rings. The van der Waals surface area contributed by atoms with Gasteiger partial charge in [-0.2, -0.15) is 0 Å². The number of carbonyl (C=O) groups is 3. The minimum absolute atomic E-state index is 0.123. The van der Waals surface area contributed by atoms with Crippen molar-refractivity contribution in [2.45, 2.75) is 20.0 Å². The third-order valence-electron chi connectivity index (χ3n) is 4.85. The van der Waals surface area contributed by atoms with Crippen LogP contribution < -0.4 is 15.1 Å². The highest BCUT2D eigenvalue weighted by Gasteiger charge is 2.33. The van der Waals surface area contributed by atoms with Gasteiger partial charge in [0.25, 0.3) is 0 Å². The van der Waals surface area contributed by atoms with Gasteiger partial charge in [0.15, 0.2) is 0 Å². The molecular formula is C19H25FN4O4. The van der Waals surface area contributed by atoms with Gasteiger partial charge in [0, 0.05) is 33.1 Å². The summed E-state index contributed by atoms with van der Waals surface area (Å²) in [5.74, 6) is -0.484. The first-order valence-corrected chi connectivity index (χ1v) is 9.32. The van der Waals surface area contributed by atoms with Gasteiger partial charge in [-0.25, -0.2) is 9.18 Å². The molecule has 1 aromatic rings. The van der Waals surface area contributed by atoms with Gasteiger partial charge in [0.05, 0.1) is 31.0 Å². The van der Waals surface area contributed by atoms with Crippen molar-refractivity contribution in [3.05, 3.63) is 24.0 Å². The minimum atomic E-state index is -0.555. The Hall–Kier alpha value is -2.68. The summed E-state index contributed by atoms with van der Waals surface area (Å²) in [4.78, 5) is 39.7. The van der Waals surface area contributed by atoms with Gasteiger partial charge >= 0.3 is 6.09 Å². The molecule has 3 rings (SSSR count). The second kappa shape index (κ2) is 8.55. The summed E-state index contributed by atoms with van der Waals surface area (Å²) in [6.07, 6.45) is -1.02. The number of Topliss-reactive ketones (excluding diaryl/α,β-unsaturated/α-hetero) is 1. The Bertz CT molecular complexity index is 764. The number of ether oxygens (including phenoxy) is 1. The second-order valence-corrected chi connectivity index (χ2v) is 7.15. The number of piperazine rings is 1. The van der Waals surface area contributed by atoms with Crippen LogP contribution in [0.15, 0.2) is 18.2 Å². The number of rotatable bonds is 6. The maximum Gasteiger partial charge on any atom is 0.414 e. The average molecular weight is 392 g/mol. The number of nitrogens with zero attached hydrogens (tertiary/aromatic N) is 3. The highest BCUT2D eigenvalue weighted by atomic mass is 19.1. The molecule has 2 heterocycles. The Balaban J connectivity index is 1.62. The number of halogens is 1. The van der Waals surface area contributed by atoms with E-state index in [9.17, 15) is 18.8 Å². The molecule has 2 amide bonds. The van der Waals surface area contributed by atoms with E-state index in [0.717, 1.165) is 0 Å². The van der Waals surface area contributed by atoms with Crippen molar-refractivity contribution in [3.8, 4) is 0 Å². The molecule has 0 radical (unpaired) electrons. The van der Waals surface area contributed by atoms with Gasteiger partial charge in [-0.1, -0.05) is 0 Å². The number of hydrogen-bond acceptors (Lipinski definition) is 6. The normalized spacial score (nSPS) is 20.2. The predicted octanol–water partition coefficient (Wildman–Crippen LogP) is 0.998. The third-order valence-corrected chi connectivity index (χ3v) is 4.85. The van der Waals surface area contributed by atoms with E-state index in [-0.39, 0.29) is 24.8 Å². The molecule has 0 aromatic heterocycles. The van der Waals surface area contributed by atoms with Crippen molar-refractivity contribution < 1.29 is 23.5 Å². The average Bonchev–Trinajstić information content (AvgIpc) is 3.01. The Morgan fingerprint density at radius 3 is 2.54 bits per heavy atom. The molecule has 0 unspecified atom stereocenters. The maximum atomic E-state index is 14.7. The van der Waals surface area contributed by atoms with Crippen molar-refractivity contribution >= 4 is 29.2 Å². The summed E-state index contributed by atoms with van der Waals surface area (Å²) in [7, 11) is 0. The van der Waals surface area contributed by atoms with E-state index in [1.54, 1.807) is 19.1 Å². The lowest BCUT2D eigenvalue weighted by molar-refractivity contribution is -0.119. The van der Waals surface area contributed by atoms with Crippen LogP contribution in [0.2, 0.25) is 0 Å². The van der Waals surface area contributed by atoms with E-state index < -0.39 is 18.0 Å². The summed E-state index contributed by atoms with van der Waals surface area (Å²) in [6.45, 7) is 6.52. The zero-order valence-electron chi connectivity index (χ0n) is 16.1. The Kier molecular flexibility index (Phi) is 6.13. The van der Waals surface area contributed by atoms with Gasteiger partial charge in [0.2, 0.25) is 5.91 Å². The van der Waals surface area contributed by atoms with Crippen molar-refractivity contribution in [2.75, 3.05) is 55.6 Å². The fourth-order valence-corrected chi connectivity index (χ4v) is 3.48. The summed E-state index contributed by atoms with van der Waals surface area (Å²) >= 11 is 0. The van der Waals surface area contributed by atoms with E-state index in [1.807, 2.05) is 4.90 Å². The molecule has 0 saturated carbocycles. The highest BCUT2D eigenvalue weighted by molar-refractivity contribution is 5.90. The lowest BCUT2D eigenvalue weighted by Crippen LogP contribution is -2.48. The number of carbonyl (C=O) groups excluding carboxylic acids is 3. The molecule has 28 heavy (non-hydrogen) atoms. The van der Waals surface area contributed by atoms with E-state index in [0.29, 0.717) is 44.1 Å². The molecule has 1 aromatic carbocycles. The number of hydrogen-bond donors (Lipinski definition) is 1. The van der Waals surface area contributed by atoms with E-state index >= 15 is 0 Å². The van der Waals surface area contributed by atoms with Gasteiger partial charge in [-0.15, -0.1) is 0 Å². The van der Waals surface area contributed by atoms with Gasteiger partial charge in [-0.05, 0) is 25.1 Å². The zero-order valence-corrected chi connectivity index (χ0v) is 16.1. The van der Waals surface area contributed by atoms with Crippen LogP contribution in [0.5, 0.6) is 0 Å². The van der Waals surface area contributed by atoms with Crippen LogP contribution >= 0.6 is 0 Å². The number of benzene rings is 1. The SMILES string of the molecule is CC(=O)CN1CCN(c2ccc(N3C[C@H](CNC(C)=O)OC3=O)cc2F)CC1. The molecule has 9 heteroatoms. The van der Waals surface area contributed by atoms with Crippen LogP contribution in [-0.2, 0) is 14.3 Å². The molecule has 1 atom stereocenters. The largest absolute Gasteiger partial charge is 0.442 e. The van der Waals surface area contributed by atoms with Crippen LogP contribution in [-0.4, -0.2) is 74.6 Å². The lowest BCUT2D eigenvalue weighted by Gasteiger charge is -2.35. The summed E-state index contributed by atoms with van der Waals surface area (Å²) < 4.78 is 19.9. The van der Waals surface area contributed by atoms with Crippen molar-refractivity contribution in [1.82, 2.24) is 10.2 Å². The number of amides is 2. The minimum Gasteiger partial charge on any atom is -0.442 e. The summed E-state index contributed by atoms with van der Waals surface area (Å²) in [6, 6.07) is 4.70. The first-order valence-electron chi connectivity index (χ1n) is 9.32. The van der Waals surface area contributed by atoms with Crippen LogP contribution in [0.25, 0.3) is 0 Å². The molecule has 2 saturated heterocycles. The fourth-order valence-electron chi connectivity index (χ4n) is 3.48. The third kappa shape index (κ3) is 4.78. The van der Waals surface area contributed by atoms with Crippen LogP contribution in [0.3, 0.4) is 0 Å². The zero-order chi connectivity index (χ0) is 20.3. The number of cyclic esters (lactones) is 1. The highest BCUT2D eigenvalue weighted by Crippen LogP contribution is 2.28. The molecule has 0 aliphatic carbocycles. The van der Waals surface area contributed by atoms with Crippen LogP contribution in [0.4, 0.5) is 20.6 Å². The van der Waals surface area contributed by atoms with Gasteiger partial charge in [-0.3, -0.25) is 19.4 Å². The van der Waals surface area contributed by atoms with Crippen LogP contribution in [0.1, 0.15) is 13.8 Å². The Labute approximate surface area is 163 Å². The van der Waals surface area contributed by atoms with Crippen molar-refractivity contribution in [2.24, 2.45) is 0 Å². The molecule has 2 aliphatic heterocycles. The molecule has 8 nitrogen and oxygen atoms in total. The molecule has 152 valence electrons. The second-order valence-electron chi connectivity index (χ2n) is 7.15. The maximum absolute atomic E-state index is 14.7. The number of nitrogens with one attached hydrogen (secondary N) is 1. The molecule has 0 bridgehead atoms. The summed E-state index contributed by atoms with van der Waals surface area (Å²) in [5, 5.41) is 2.61. The fraction of sp³-hybridized carbons (Fsp3) is 0.526. The number of anilines is 2. The summed E-state index contributed by atoms with van der Waals surface area (Å²) in [5.41, 5.74) is 0.903. The molecule has 0 spiro atoms. The van der Waals surface area contributed by atoms with Crippen molar-refractivity contribution in [1.29, 1.82) is 0 Å². The topological polar surface area (TPSA) is 82.2 Å². The monoisotopic (exact) mass is 392 g/mol. The Morgan fingerprint density at radius 1 is 1.21 bits per heavy atom. The van der Waals surface area contributed by atoms with Gasteiger partial charge < -0.3 is 15.0 Å². The standard InChI is InChI=1S/C19H25FN4O4/c1-13(25)11-22-5-7-23(8-6-22)18-4-3-15(9-17(18)20)24-12-16(28-19(24)27)10-21-14(2)26/h3-4,9,16H,5-8,10-12H2,1-2H3,(H,21,26)/t16-/m0/s1. The first-order chi connectivity index (χ1) is 13.3. The lowest BCUT2D eigenvalue weighted by atomic mass is 10.2. The predicted molar refractivity (Wildman–Crippen MR) is 102 cm³/mol. The molecular weight excluding hydrogens is 367 g/mol. The van der Waals surface area contributed by atoms with E-state index in [4.69, 9.17) is 4.74 Å².